The van der Waals surface area contributed by atoms with Crippen molar-refractivity contribution in [1.29, 1.82) is 0 Å². The Kier molecular flexibility index (Phi) is 2.46. The molecule has 2 aliphatic carbocycles. The molecule has 1 unspecified atom stereocenters. The number of hydrogen-bond donors (Lipinski definition) is 1. The van der Waals surface area contributed by atoms with Crippen LogP contribution in [0.4, 0.5) is 0 Å². The Morgan fingerprint density at radius 1 is 1.53 bits per heavy atom. The molecule has 0 radical (unpaired) electrons. The van der Waals surface area contributed by atoms with E-state index in [9.17, 15) is 4.79 Å². The van der Waals surface area contributed by atoms with Crippen molar-refractivity contribution in [1.82, 2.24) is 5.32 Å². The first-order valence-corrected chi connectivity index (χ1v) is 6.79. The molecule has 1 aromatic carbocycles. The predicted molar refractivity (Wildman–Crippen MR) is 77.8 cm³/mol. The van der Waals surface area contributed by atoms with E-state index in [1.807, 2.05) is 19.1 Å². The number of aryl methyl sites for hydroxylation is 1. The van der Waals surface area contributed by atoms with Gasteiger partial charge in [-0.3, -0.25) is 4.79 Å². The summed E-state index contributed by atoms with van der Waals surface area (Å²) in [5, 5.41) is 3.94. The second kappa shape index (κ2) is 3.74. The largest absolute Gasteiger partial charge is 0.497 e. The van der Waals surface area contributed by atoms with Gasteiger partial charge in [0.1, 0.15) is 5.75 Å². The second-order valence-electron chi connectivity index (χ2n) is 5.52. The van der Waals surface area contributed by atoms with Gasteiger partial charge in [0, 0.05) is 5.56 Å². The maximum Gasteiger partial charge on any atom is 0.252 e. The number of ether oxygens (including phenoxy) is 1. The fourth-order valence-electron chi connectivity index (χ4n) is 2.83. The van der Waals surface area contributed by atoms with Crippen molar-refractivity contribution in [2.45, 2.75) is 25.3 Å². The SMILES string of the molecule is C#CC12CC1(NC(=O)c1c(C)cc(OC)cc1P)C2. The number of terminal acetylenes is 1. The summed E-state index contributed by atoms with van der Waals surface area (Å²) in [6, 6.07) is 3.72. The Morgan fingerprint density at radius 3 is 2.68 bits per heavy atom. The first-order chi connectivity index (χ1) is 8.97. The standard InChI is InChI=1S/C15H16NO2P/c1-4-14-7-15(14,8-14)16-13(17)12-9(2)5-10(18-3)6-11(12)19/h1,5-6H,7-8,19H2,2-3H3,(H,16,17). The van der Waals surface area contributed by atoms with E-state index in [1.165, 1.54) is 0 Å². The number of rotatable bonds is 3. The molecule has 3 rings (SSSR count). The number of benzene rings is 1. The van der Waals surface area contributed by atoms with Crippen molar-refractivity contribution < 1.29 is 9.53 Å². The number of methoxy groups -OCH3 is 1. The van der Waals surface area contributed by atoms with E-state index < -0.39 is 0 Å². The lowest BCUT2D eigenvalue weighted by Crippen LogP contribution is -2.33. The van der Waals surface area contributed by atoms with Gasteiger partial charge in [0.15, 0.2) is 0 Å². The highest BCUT2D eigenvalue weighted by Crippen LogP contribution is 2.78. The van der Waals surface area contributed by atoms with Gasteiger partial charge >= 0.3 is 0 Å². The van der Waals surface area contributed by atoms with E-state index >= 15 is 0 Å². The lowest BCUT2D eigenvalue weighted by Gasteiger charge is -2.13. The molecule has 0 heterocycles. The Labute approximate surface area is 115 Å². The van der Waals surface area contributed by atoms with Crippen molar-refractivity contribution in [2.75, 3.05) is 7.11 Å². The van der Waals surface area contributed by atoms with E-state index in [1.54, 1.807) is 7.11 Å². The average Bonchev–Trinajstić information content (AvgIpc) is 3.13. The van der Waals surface area contributed by atoms with Gasteiger partial charge in [0.2, 0.25) is 0 Å². The molecule has 0 bridgehead atoms. The van der Waals surface area contributed by atoms with Gasteiger partial charge in [-0.05, 0) is 42.8 Å². The minimum atomic E-state index is -0.109. The molecular weight excluding hydrogens is 257 g/mol. The van der Waals surface area contributed by atoms with Gasteiger partial charge in [-0.1, -0.05) is 5.92 Å². The molecule has 2 saturated carbocycles. The summed E-state index contributed by atoms with van der Waals surface area (Å²) in [5.74, 6) is 3.51. The molecule has 3 nitrogen and oxygen atoms in total. The lowest BCUT2D eigenvalue weighted by molar-refractivity contribution is 0.0943. The van der Waals surface area contributed by atoms with Gasteiger partial charge in [-0.2, -0.15) is 0 Å². The molecule has 0 aromatic heterocycles. The topological polar surface area (TPSA) is 38.3 Å². The Morgan fingerprint density at radius 2 is 2.21 bits per heavy atom. The smallest absolute Gasteiger partial charge is 0.252 e. The molecule has 1 N–H and O–H groups in total. The van der Waals surface area contributed by atoms with Crippen LogP contribution in [0.5, 0.6) is 5.75 Å². The van der Waals surface area contributed by atoms with Crippen molar-refractivity contribution >= 4 is 20.5 Å². The summed E-state index contributed by atoms with van der Waals surface area (Å²) in [6.07, 6.45) is 7.33. The third kappa shape index (κ3) is 1.67. The predicted octanol–water partition coefficient (Wildman–Crippen LogP) is 1.40. The van der Waals surface area contributed by atoms with Crippen LogP contribution in [0.15, 0.2) is 12.1 Å². The molecule has 0 aliphatic heterocycles. The molecule has 1 aromatic rings. The van der Waals surface area contributed by atoms with Crippen molar-refractivity contribution in [3.63, 3.8) is 0 Å². The van der Waals surface area contributed by atoms with Crippen LogP contribution in [0.3, 0.4) is 0 Å². The van der Waals surface area contributed by atoms with Crippen LogP contribution >= 0.6 is 9.24 Å². The fraction of sp³-hybridized carbons (Fsp3) is 0.400. The molecule has 2 fully saturated rings. The zero-order chi connectivity index (χ0) is 13.8. The van der Waals surface area contributed by atoms with Crippen LogP contribution in [0.1, 0.15) is 28.8 Å². The van der Waals surface area contributed by atoms with Crippen molar-refractivity contribution in [3.8, 4) is 18.1 Å². The van der Waals surface area contributed by atoms with Gasteiger partial charge in [-0.15, -0.1) is 15.7 Å². The number of amides is 1. The molecule has 1 amide bonds. The quantitative estimate of drug-likeness (QED) is 0.668. The molecule has 0 saturated heterocycles. The number of carbonyl (C=O) groups excluding carboxylic acids is 1. The average molecular weight is 273 g/mol. The molecule has 4 heteroatoms. The highest BCUT2D eigenvalue weighted by molar-refractivity contribution is 7.27. The Bertz CT molecular complexity index is 601. The highest BCUT2D eigenvalue weighted by Gasteiger charge is 2.84. The van der Waals surface area contributed by atoms with Crippen LogP contribution in [0, 0.1) is 24.7 Å². The third-order valence-corrected chi connectivity index (χ3v) is 4.76. The van der Waals surface area contributed by atoms with Gasteiger partial charge in [0.25, 0.3) is 5.91 Å². The minimum absolute atomic E-state index is 0.0376. The van der Waals surface area contributed by atoms with E-state index in [0.717, 1.165) is 29.5 Å². The summed E-state index contributed by atoms with van der Waals surface area (Å²) in [5.41, 5.74) is 1.46. The van der Waals surface area contributed by atoms with Crippen LogP contribution in [-0.4, -0.2) is 18.6 Å². The van der Waals surface area contributed by atoms with Crippen molar-refractivity contribution in [2.24, 2.45) is 5.41 Å². The first kappa shape index (κ1) is 12.5. The van der Waals surface area contributed by atoms with Crippen LogP contribution < -0.4 is 15.4 Å². The Balaban J connectivity index is 1.84. The lowest BCUT2D eigenvalue weighted by atomic mass is 10.1. The first-order valence-electron chi connectivity index (χ1n) is 6.21. The summed E-state index contributed by atoms with van der Waals surface area (Å²) in [7, 11) is 4.21. The summed E-state index contributed by atoms with van der Waals surface area (Å²) >= 11 is 0. The summed E-state index contributed by atoms with van der Waals surface area (Å²) in [4.78, 5) is 12.4. The molecule has 0 spiro atoms. The Hall–Kier alpha value is -1.52. The zero-order valence-electron chi connectivity index (χ0n) is 11.0. The summed E-state index contributed by atoms with van der Waals surface area (Å²) in [6.45, 7) is 1.91. The normalized spacial score (nSPS) is 30.0. The van der Waals surface area contributed by atoms with Gasteiger partial charge in [0.05, 0.1) is 18.1 Å². The fourth-order valence-corrected chi connectivity index (χ4v) is 3.35. The van der Waals surface area contributed by atoms with E-state index in [2.05, 4.69) is 20.5 Å². The van der Waals surface area contributed by atoms with Crippen molar-refractivity contribution in [3.05, 3.63) is 23.3 Å². The number of carbonyl (C=O) groups is 1. The van der Waals surface area contributed by atoms with Gasteiger partial charge in [-0.25, -0.2) is 0 Å². The van der Waals surface area contributed by atoms with E-state index in [4.69, 9.17) is 11.2 Å². The van der Waals surface area contributed by atoms with Gasteiger partial charge < -0.3 is 10.1 Å². The second-order valence-corrected chi connectivity index (χ2v) is 6.15. The molecule has 98 valence electrons. The molecule has 1 atom stereocenters. The zero-order valence-corrected chi connectivity index (χ0v) is 12.2. The van der Waals surface area contributed by atoms with Crippen LogP contribution in [0.2, 0.25) is 0 Å². The molecule has 2 aliphatic rings. The number of nitrogens with one attached hydrogen (secondary N) is 1. The number of hydrogen-bond acceptors (Lipinski definition) is 2. The van der Waals surface area contributed by atoms with E-state index in [-0.39, 0.29) is 16.9 Å². The summed E-state index contributed by atoms with van der Waals surface area (Å²) < 4.78 is 5.19. The highest BCUT2D eigenvalue weighted by atomic mass is 31.0. The maximum absolute atomic E-state index is 12.4. The van der Waals surface area contributed by atoms with Crippen LogP contribution in [0.25, 0.3) is 0 Å². The maximum atomic E-state index is 12.4. The monoisotopic (exact) mass is 273 g/mol. The number of fused-ring (bicyclic) bond motifs is 1. The van der Waals surface area contributed by atoms with Crippen LogP contribution in [-0.2, 0) is 0 Å². The molecule has 19 heavy (non-hydrogen) atoms. The molecular formula is C15H16NO2P. The third-order valence-electron chi connectivity index (χ3n) is 4.30. The van der Waals surface area contributed by atoms with E-state index in [0.29, 0.717) is 5.56 Å². The minimum Gasteiger partial charge on any atom is -0.497 e.